The molecule has 13 rings (SSSR count). The lowest BCUT2D eigenvalue weighted by atomic mass is 9.85. The Morgan fingerprint density at radius 2 is 0.852 bits per heavy atom. The zero-order valence-electron chi connectivity index (χ0n) is 46.8. The van der Waals surface area contributed by atoms with Crippen LogP contribution in [0.15, 0.2) is 259 Å². The van der Waals surface area contributed by atoms with Crippen molar-refractivity contribution < 1.29 is 0 Å². The summed E-state index contributed by atoms with van der Waals surface area (Å²) in [4.78, 5) is 0. The Labute approximate surface area is 482 Å². The molecule has 2 aliphatic rings. The maximum Gasteiger partial charge on any atom is 0.0571 e. The van der Waals surface area contributed by atoms with E-state index in [2.05, 4.69) is 284 Å². The van der Waals surface area contributed by atoms with E-state index in [9.17, 15) is 0 Å². The minimum absolute atomic E-state index is 0.823. The molecule has 396 valence electrons. The van der Waals surface area contributed by atoms with Crippen LogP contribution in [0.4, 0.5) is 0 Å². The molecule has 81 heavy (non-hydrogen) atoms. The Hall–Kier alpha value is -8.89. The normalized spacial score (nSPS) is 14.8. The summed E-state index contributed by atoms with van der Waals surface area (Å²) in [6.45, 7) is 11.6. The molecule has 11 aromatic rings. The lowest BCUT2D eigenvalue weighted by molar-refractivity contribution is 0.792. The van der Waals surface area contributed by atoms with Crippen molar-refractivity contribution >= 4 is 72.2 Å². The van der Waals surface area contributed by atoms with Gasteiger partial charge in [-0.1, -0.05) is 243 Å². The summed E-state index contributed by atoms with van der Waals surface area (Å²) in [6, 6.07) is 80.1. The second-order valence-corrected chi connectivity index (χ2v) is 21.6. The molecule has 0 aliphatic heterocycles. The number of para-hydroxylation sites is 3. The van der Waals surface area contributed by atoms with Gasteiger partial charge in [0.05, 0.1) is 17.1 Å². The fourth-order valence-electron chi connectivity index (χ4n) is 13.5. The zero-order chi connectivity index (χ0) is 55.0. The van der Waals surface area contributed by atoms with Crippen molar-refractivity contribution in [2.24, 2.45) is 0 Å². The van der Waals surface area contributed by atoms with Crippen molar-refractivity contribution in [1.29, 1.82) is 0 Å². The van der Waals surface area contributed by atoms with E-state index < -0.39 is 0 Å². The highest BCUT2D eigenvalue weighted by Gasteiger charge is 2.32. The van der Waals surface area contributed by atoms with Gasteiger partial charge in [0.25, 0.3) is 0 Å². The van der Waals surface area contributed by atoms with Crippen LogP contribution in [0.3, 0.4) is 0 Å². The number of benzene rings is 8. The Morgan fingerprint density at radius 1 is 0.444 bits per heavy atom. The maximum absolute atomic E-state index is 8.00. The largest absolute Gasteiger partial charge is 0.340 e. The molecule has 3 heterocycles. The SMILES string of the molecule is CCC1=C(c2ccccc2)/C(=C(\C=C\C2=C(Cl)C(=C/C=C(c3c(-c4ccccc4)n(CC)c4ccccc34)c3c(-c4ccccc4)n(CC)c4ccccc34)/CCC2)c2c(-c3ccccc3)n(CC)c3ccccc23)c2ccccc21. The summed E-state index contributed by atoms with van der Waals surface area (Å²) in [6.07, 6.45) is 13.2. The molecule has 4 heteroatoms. The number of aryl methyl sites for hydroxylation is 3. The smallest absolute Gasteiger partial charge is 0.0571 e. The highest BCUT2D eigenvalue weighted by Crippen LogP contribution is 2.54. The molecule has 0 atom stereocenters. The van der Waals surface area contributed by atoms with Crippen LogP contribution in [0.5, 0.6) is 0 Å². The summed E-state index contributed by atoms with van der Waals surface area (Å²) >= 11 is 8.00. The van der Waals surface area contributed by atoms with Gasteiger partial charge in [-0.2, -0.15) is 0 Å². The highest BCUT2D eigenvalue weighted by atomic mass is 35.5. The number of fused-ring (bicyclic) bond motifs is 4. The molecule has 0 unspecified atom stereocenters. The number of rotatable bonds is 14. The molecule has 0 saturated carbocycles. The number of halogens is 1. The van der Waals surface area contributed by atoms with Crippen molar-refractivity contribution in [3.63, 3.8) is 0 Å². The Bertz CT molecular complexity index is 4250. The Kier molecular flexibility index (Phi) is 14.2. The summed E-state index contributed by atoms with van der Waals surface area (Å²) in [5.74, 6) is 0. The molecule has 3 nitrogen and oxygen atoms in total. The number of allylic oxidation sites excluding steroid dienone is 11. The van der Waals surface area contributed by atoms with Crippen molar-refractivity contribution in [2.45, 2.75) is 73.0 Å². The Morgan fingerprint density at radius 3 is 1.32 bits per heavy atom. The van der Waals surface area contributed by atoms with Gasteiger partial charge in [0.2, 0.25) is 0 Å². The van der Waals surface area contributed by atoms with E-state index in [-0.39, 0.29) is 0 Å². The van der Waals surface area contributed by atoms with Gasteiger partial charge in [-0.05, 0) is 137 Å². The predicted molar refractivity (Wildman–Crippen MR) is 347 cm³/mol. The van der Waals surface area contributed by atoms with Crippen LogP contribution in [0.2, 0.25) is 0 Å². The van der Waals surface area contributed by atoms with Crippen molar-refractivity contribution in [2.75, 3.05) is 0 Å². The fourth-order valence-corrected chi connectivity index (χ4v) is 13.8. The van der Waals surface area contributed by atoms with Crippen molar-refractivity contribution in [1.82, 2.24) is 13.7 Å². The first-order valence-electron chi connectivity index (χ1n) is 29.1. The second kappa shape index (κ2) is 22.3. The first-order valence-corrected chi connectivity index (χ1v) is 29.5. The van der Waals surface area contributed by atoms with Crippen LogP contribution in [0.25, 0.3) is 94.3 Å². The first-order chi connectivity index (χ1) is 40.0. The maximum atomic E-state index is 8.00. The van der Waals surface area contributed by atoms with E-state index in [1.54, 1.807) is 0 Å². The number of nitrogens with zero attached hydrogens (tertiary/aromatic N) is 3. The molecule has 0 fully saturated rings. The Balaban J connectivity index is 1.08. The van der Waals surface area contributed by atoms with Gasteiger partial charge in [-0.3, -0.25) is 0 Å². The van der Waals surface area contributed by atoms with Crippen LogP contribution in [0.1, 0.15) is 86.8 Å². The fraction of sp³-hybridized carbons (Fsp3) is 0.143. The molecule has 0 saturated heterocycles. The third kappa shape index (κ3) is 8.92. The second-order valence-electron chi connectivity index (χ2n) is 21.3. The number of hydrogen-bond donors (Lipinski definition) is 0. The van der Waals surface area contributed by atoms with E-state index in [1.807, 2.05) is 0 Å². The predicted octanol–water partition coefficient (Wildman–Crippen LogP) is 21.1. The molecule has 0 spiro atoms. The first kappa shape index (κ1) is 51.5. The molecule has 0 amide bonds. The van der Waals surface area contributed by atoms with Crippen molar-refractivity contribution in [3.8, 4) is 33.8 Å². The number of aromatic nitrogens is 3. The topological polar surface area (TPSA) is 14.8 Å². The minimum Gasteiger partial charge on any atom is -0.340 e. The molecule has 3 aromatic heterocycles. The van der Waals surface area contributed by atoms with Gasteiger partial charge in [-0.25, -0.2) is 0 Å². The van der Waals surface area contributed by atoms with Crippen LogP contribution in [-0.2, 0) is 19.6 Å². The molecule has 0 radical (unpaired) electrons. The summed E-state index contributed by atoms with van der Waals surface area (Å²) in [5.41, 5.74) is 27.0. The summed E-state index contributed by atoms with van der Waals surface area (Å²) in [7, 11) is 0. The molecule has 0 bridgehead atoms. The van der Waals surface area contributed by atoms with Gasteiger partial charge in [0.1, 0.15) is 0 Å². The van der Waals surface area contributed by atoms with E-state index in [1.165, 1.54) is 128 Å². The molecular formula is C77H66ClN3. The van der Waals surface area contributed by atoms with E-state index in [0.717, 1.165) is 61.5 Å². The molecular weight excluding hydrogens is 1000 g/mol. The van der Waals surface area contributed by atoms with Crippen LogP contribution in [-0.4, -0.2) is 13.7 Å². The van der Waals surface area contributed by atoms with Gasteiger partial charge < -0.3 is 13.7 Å². The van der Waals surface area contributed by atoms with Crippen molar-refractivity contribution in [3.05, 3.63) is 292 Å². The molecule has 2 aliphatic carbocycles. The van der Waals surface area contributed by atoms with Crippen LogP contribution in [0, 0.1) is 0 Å². The van der Waals surface area contributed by atoms with Gasteiger partial charge in [0, 0.05) is 74.1 Å². The quantitative estimate of drug-likeness (QED) is 0.103. The standard InChI is InChI=1S/C77H66ClN3/c1-5-58-59-40-21-22-41-60(59)70(69(58)52-30-13-9-14-31-52)64(71-61-42-23-26-45-66(61)79(6-2)75(71)55-32-15-10-16-33-55)50-48-53-38-29-39-54(74(53)78)49-51-65(72-62-43-24-27-46-67(62)80(7-3)76(72)56-34-17-11-18-35-56)73-63-44-25-28-47-68(63)81(8-4)77(73)57-36-19-12-20-37-57/h9-28,30-37,40-51H,5-8,29,38-39H2,1-4H3/b50-48+,54-49+,70-64+. The van der Waals surface area contributed by atoms with Gasteiger partial charge in [0.15, 0.2) is 0 Å². The lowest BCUT2D eigenvalue weighted by Crippen LogP contribution is -2.01. The third-order valence-electron chi connectivity index (χ3n) is 16.9. The average Bonchev–Trinajstić information content (AvgIpc) is 4.38. The average molecular weight is 1070 g/mol. The summed E-state index contributed by atoms with van der Waals surface area (Å²) in [5, 5.41) is 4.52. The molecule has 0 N–H and O–H groups in total. The molecule has 8 aromatic carbocycles. The van der Waals surface area contributed by atoms with Gasteiger partial charge >= 0.3 is 0 Å². The van der Waals surface area contributed by atoms with E-state index >= 15 is 0 Å². The monoisotopic (exact) mass is 1070 g/mol. The van der Waals surface area contributed by atoms with Crippen LogP contribution < -0.4 is 0 Å². The summed E-state index contributed by atoms with van der Waals surface area (Å²) < 4.78 is 7.54. The van der Waals surface area contributed by atoms with Crippen LogP contribution >= 0.6 is 11.6 Å². The van der Waals surface area contributed by atoms with E-state index in [0.29, 0.717) is 0 Å². The third-order valence-corrected chi connectivity index (χ3v) is 17.4. The lowest BCUT2D eigenvalue weighted by Gasteiger charge is -2.20. The number of hydrogen-bond acceptors (Lipinski definition) is 0. The van der Waals surface area contributed by atoms with Gasteiger partial charge in [-0.15, -0.1) is 0 Å². The van der Waals surface area contributed by atoms with E-state index in [4.69, 9.17) is 11.6 Å². The zero-order valence-corrected chi connectivity index (χ0v) is 47.5. The highest BCUT2D eigenvalue weighted by molar-refractivity contribution is 6.33. The minimum atomic E-state index is 0.823.